The van der Waals surface area contributed by atoms with Crippen LogP contribution in [0.5, 0.6) is 5.75 Å². The van der Waals surface area contributed by atoms with Crippen LogP contribution in [0.2, 0.25) is 5.02 Å². The zero-order valence-corrected chi connectivity index (χ0v) is 14.3. The van der Waals surface area contributed by atoms with Crippen molar-refractivity contribution < 1.29 is 9.53 Å². The number of amides is 1. The van der Waals surface area contributed by atoms with Gasteiger partial charge in [0.25, 0.3) is 0 Å². The van der Waals surface area contributed by atoms with Crippen molar-refractivity contribution in [1.29, 1.82) is 0 Å². The highest BCUT2D eigenvalue weighted by molar-refractivity contribution is 6.30. The van der Waals surface area contributed by atoms with Crippen LogP contribution in [0.3, 0.4) is 0 Å². The van der Waals surface area contributed by atoms with Crippen molar-refractivity contribution in [3.63, 3.8) is 0 Å². The fraction of sp³-hybridized carbons (Fsp3) is 0.533. The van der Waals surface area contributed by atoms with Gasteiger partial charge in [-0.05, 0) is 25.0 Å². The zero-order chi connectivity index (χ0) is 15.2. The first-order valence-electron chi connectivity index (χ1n) is 6.83. The van der Waals surface area contributed by atoms with Gasteiger partial charge in [0.1, 0.15) is 5.75 Å². The van der Waals surface area contributed by atoms with E-state index in [4.69, 9.17) is 22.1 Å². The molecular formula is C15H24Cl2N2O2. The molecule has 1 rings (SSSR count). The standard InChI is InChI=1S/C15H23ClN2O2.ClH/c1-4-15(5-2,10-17)14(19)18-9-11-6-7-12(16)8-13(11)20-3;/h6-8H,4-5,9-10,17H2,1-3H3,(H,18,19);1H. The topological polar surface area (TPSA) is 64.4 Å². The van der Waals surface area contributed by atoms with Crippen molar-refractivity contribution in [2.24, 2.45) is 11.1 Å². The Kier molecular flexibility index (Phi) is 8.71. The molecule has 3 N–H and O–H groups in total. The number of hydrogen-bond acceptors (Lipinski definition) is 3. The molecule has 1 aromatic rings. The molecule has 0 heterocycles. The Labute approximate surface area is 137 Å². The van der Waals surface area contributed by atoms with E-state index in [1.807, 2.05) is 19.9 Å². The fourth-order valence-electron chi connectivity index (χ4n) is 2.18. The number of carbonyl (C=O) groups excluding carboxylic acids is 1. The maximum Gasteiger partial charge on any atom is 0.227 e. The van der Waals surface area contributed by atoms with E-state index in [1.165, 1.54) is 0 Å². The summed E-state index contributed by atoms with van der Waals surface area (Å²) in [6, 6.07) is 5.36. The Balaban J connectivity index is 0.00000400. The molecule has 0 aromatic heterocycles. The van der Waals surface area contributed by atoms with E-state index in [0.29, 0.717) is 23.9 Å². The molecule has 0 radical (unpaired) electrons. The van der Waals surface area contributed by atoms with Crippen molar-refractivity contribution in [2.45, 2.75) is 33.2 Å². The summed E-state index contributed by atoms with van der Waals surface area (Å²) in [6.45, 7) is 4.72. The van der Waals surface area contributed by atoms with E-state index in [2.05, 4.69) is 5.32 Å². The van der Waals surface area contributed by atoms with Crippen LogP contribution < -0.4 is 15.8 Å². The fourth-order valence-corrected chi connectivity index (χ4v) is 2.34. The summed E-state index contributed by atoms with van der Waals surface area (Å²) in [6.07, 6.45) is 1.45. The molecule has 120 valence electrons. The van der Waals surface area contributed by atoms with Crippen LogP contribution >= 0.6 is 24.0 Å². The van der Waals surface area contributed by atoms with E-state index >= 15 is 0 Å². The quantitative estimate of drug-likeness (QED) is 0.804. The van der Waals surface area contributed by atoms with Crippen LogP contribution in [-0.4, -0.2) is 19.6 Å². The molecule has 1 aromatic carbocycles. The first-order chi connectivity index (χ1) is 9.52. The van der Waals surface area contributed by atoms with Crippen LogP contribution in [0.25, 0.3) is 0 Å². The Bertz CT molecular complexity index is 455. The van der Waals surface area contributed by atoms with Crippen molar-refractivity contribution >= 4 is 29.9 Å². The van der Waals surface area contributed by atoms with Gasteiger partial charge in [-0.25, -0.2) is 0 Å². The molecule has 0 aliphatic heterocycles. The lowest BCUT2D eigenvalue weighted by atomic mass is 9.81. The number of nitrogens with one attached hydrogen (secondary N) is 1. The number of halogens is 2. The SMILES string of the molecule is CCC(CC)(CN)C(=O)NCc1ccc(Cl)cc1OC.Cl. The maximum atomic E-state index is 12.3. The second-order valence-electron chi connectivity index (χ2n) is 4.83. The van der Waals surface area contributed by atoms with Crippen molar-refractivity contribution in [2.75, 3.05) is 13.7 Å². The summed E-state index contributed by atoms with van der Waals surface area (Å²) in [5, 5.41) is 3.55. The molecule has 21 heavy (non-hydrogen) atoms. The molecule has 6 heteroatoms. The lowest BCUT2D eigenvalue weighted by molar-refractivity contribution is -0.131. The number of hydrogen-bond donors (Lipinski definition) is 2. The monoisotopic (exact) mass is 334 g/mol. The number of rotatable bonds is 7. The van der Waals surface area contributed by atoms with Crippen LogP contribution in [0.1, 0.15) is 32.3 Å². The minimum absolute atomic E-state index is 0. The van der Waals surface area contributed by atoms with E-state index < -0.39 is 5.41 Å². The predicted molar refractivity (Wildman–Crippen MR) is 89.2 cm³/mol. The van der Waals surface area contributed by atoms with E-state index in [9.17, 15) is 4.79 Å². The van der Waals surface area contributed by atoms with Gasteiger partial charge in [0, 0.05) is 23.7 Å². The average Bonchev–Trinajstić information content (AvgIpc) is 2.48. The summed E-state index contributed by atoms with van der Waals surface area (Å²) in [5.74, 6) is 0.658. The number of methoxy groups -OCH3 is 1. The first-order valence-corrected chi connectivity index (χ1v) is 7.21. The van der Waals surface area contributed by atoms with Crippen LogP contribution in [0, 0.1) is 5.41 Å². The van der Waals surface area contributed by atoms with Crippen LogP contribution in [0.4, 0.5) is 0 Å². The molecule has 1 amide bonds. The van der Waals surface area contributed by atoms with E-state index in [-0.39, 0.29) is 18.3 Å². The van der Waals surface area contributed by atoms with Crippen molar-refractivity contribution in [1.82, 2.24) is 5.32 Å². The van der Waals surface area contributed by atoms with Gasteiger partial charge in [-0.15, -0.1) is 12.4 Å². The highest BCUT2D eigenvalue weighted by Crippen LogP contribution is 2.26. The zero-order valence-electron chi connectivity index (χ0n) is 12.7. The molecule has 0 fully saturated rings. The lowest BCUT2D eigenvalue weighted by Crippen LogP contribution is -2.45. The van der Waals surface area contributed by atoms with Crippen molar-refractivity contribution in [3.05, 3.63) is 28.8 Å². The van der Waals surface area contributed by atoms with Crippen LogP contribution in [-0.2, 0) is 11.3 Å². The van der Waals surface area contributed by atoms with Gasteiger partial charge in [0.15, 0.2) is 0 Å². The van der Waals surface area contributed by atoms with Gasteiger partial charge < -0.3 is 15.8 Å². The number of benzene rings is 1. The summed E-state index contributed by atoms with van der Waals surface area (Å²) in [7, 11) is 1.58. The molecule has 0 aliphatic carbocycles. The first kappa shape index (κ1) is 20.0. The van der Waals surface area contributed by atoms with E-state index in [1.54, 1.807) is 19.2 Å². The highest BCUT2D eigenvalue weighted by Gasteiger charge is 2.33. The third-order valence-corrected chi connectivity index (χ3v) is 4.15. The van der Waals surface area contributed by atoms with E-state index in [0.717, 1.165) is 18.4 Å². The third kappa shape index (κ3) is 4.77. The molecule has 0 saturated carbocycles. The molecule has 0 atom stereocenters. The van der Waals surface area contributed by atoms with Gasteiger partial charge in [-0.1, -0.05) is 31.5 Å². The van der Waals surface area contributed by atoms with Crippen molar-refractivity contribution in [3.8, 4) is 5.75 Å². The minimum Gasteiger partial charge on any atom is -0.496 e. The number of carbonyl (C=O) groups is 1. The molecular weight excluding hydrogens is 311 g/mol. The summed E-state index contributed by atoms with van der Waals surface area (Å²) in [5.41, 5.74) is 6.18. The average molecular weight is 335 g/mol. The molecule has 0 unspecified atom stereocenters. The Morgan fingerprint density at radius 1 is 1.38 bits per heavy atom. The van der Waals surface area contributed by atoms with Gasteiger partial charge in [0.05, 0.1) is 12.5 Å². The second kappa shape index (κ2) is 9.13. The third-order valence-electron chi connectivity index (χ3n) is 3.91. The summed E-state index contributed by atoms with van der Waals surface area (Å²) in [4.78, 5) is 12.3. The molecule has 0 aliphatic rings. The van der Waals surface area contributed by atoms with Gasteiger partial charge in [-0.3, -0.25) is 4.79 Å². The summed E-state index contributed by atoms with van der Waals surface area (Å²) < 4.78 is 5.26. The molecule has 0 spiro atoms. The molecule has 0 bridgehead atoms. The number of nitrogens with two attached hydrogens (primary N) is 1. The van der Waals surface area contributed by atoms with Gasteiger partial charge in [0.2, 0.25) is 5.91 Å². The minimum atomic E-state index is -0.486. The normalized spacial score (nSPS) is 10.7. The van der Waals surface area contributed by atoms with Gasteiger partial charge in [-0.2, -0.15) is 0 Å². The maximum absolute atomic E-state index is 12.3. The predicted octanol–water partition coefficient (Wildman–Crippen LogP) is 3.15. The number of ether oxygens (including phenoxy) is 1. The second-order valence-corrected chi connectivity index (χ2v) is 5.27. The molecule has 4 nitrogen and oxygen atoms in total. The van der Waals surface area contributed by atoms with Crippen LogP contribution in [0.15, 0.2) is 18.2 Å². The largest absolute Gasteiger partial charge is 0.496 e. The lowest BCUT2D eigenvalue weighted by Gasteiger charge is -2.28. The smallest absolute Gasteiger partial charge is 0.227 e. The Hall–Kier alpha value is -0.970. The Morgan fingerprint density at radius 3 is 2.48 bits per heavy atom. The summed E-state index contributed by atoms with van der Waals surface area (Å²) >= 11 is 5.91. The Morgan fingerprint density at radius 2 is 2.00 bits per heavy atom. The molecule has 0 saturated heterocycles. The highest BCUT2D eigenvalue weighted by atomic mass is 35.5. The van der Waals surface area contributed by atoms with Gasteiger partial charge >= 0.3 is 0 Å².